The molecule has 2 heterocycles. The second-order valence-electron chi connectivity index (χ2n) is 6.98. The van der Waals surface area contributed by atoms with Crippen molar-refractivity contribution in [1.82, 2.24) is 25.0 Å². The van der Waals surface area contributed by atoms with Crippen molar-refractivity contribution in [1.29, 1.82) is 0 Å². The van der Waals surface area contributed by atoms with Gasteiger partial charge in [-0.3, -0.25) is 0 Å². The summed E-state index contributed by atoms with van der Waals surface area (Å²) in [6, 6.07) is 20.3. The van der Waals surface area contributed by atoms with Gasteiger partial charge in [0.15, 0.2) is 0 Å². The van der Waals surface area contributed by atoms with E-state index in [0.717, 1.165) is 30.6 Å². The van der Waals surface area contributed by atoms with E-state index in [2.05, 4.69) is 44.7 Å². The minimum Gasteiger partial charge on any atom is -0.347 e. The predicted octanol–water partition coefficient (Wildman–Crippen LogP) is 3.76. The zero-order valence-corrected chi connectivity index (χ0v) is 16.3. The lowest BCUT2D eigenvalue weighted by atomic mass is 10.2. The number of carbonyl (C=O) groups excluding carboxylic acids is 1. The lowest BCUT2D eigenvalue weighted by Gasteiger charge is -2.08. The number of fused-ring (bicyclic) bond motifs is 1. The van der Waals surface area contributed by atoms with E-state index in [1.165, 1.54) is 10.9 Å². The Balaban J connectivity index is 1.15. The van der Waals surface area contributed by atoms with Crippen LogP contribution >= 0.6 is 0 Å². The topological polar surface area (TPSA) is 63.9 Å². The number of carbonyl (C=O) groups is 1. The number of hydrogen-bond donors (Lipinski definition) is 2. The first kappa shape index (κ1) is 18.8. The summed E-state index contributed by atoms with van der Waals surface area (Å²) in [5.41, 5.74) is 3.35. The Hall–Kier alpha value is -3.54. The lowest BCUT2D eigenvalue weighted by Crippen LogP contribution is -2.37. The molecule has 2 N–H and O–H groups in total. The van der Waals surface area contributed by atoms with E-state index in [9.17, 15) is 4.79 Å². The van der Waals surface area contributed by atoms with Crippen LogP contribution in [0.25, 0.3) is 16.6 Å². The summed E-state index contributed by atoms with van der Waals surface area (Å²) in [5, 5.41) is 11.5. The van der Waals surface area contributed by atoms with Crippen molar-refractivity contribution in [3.05, 3.63) is 84.8 Å². The van der Waals surface area contributed by atoms with E-state index in [-0.39, 0.29) is 6.03 Å². The van der Waals surface area contributed by atoms with E-state index < -0.39 is 0 Å². The van der Waals surface area contributed by atoms with Crippen LogP contribution in [0.5, 0.6) is 0 Å². The van der Waals surface area contributed by atoms with E-state index in [0.29, 0.717) is 13.1 Å². The molecule has 0 fully saturated rings. The van der Waals surface area contributed by atoms with Gasteiger partial charge in [-0.2, -0.15) is 5.10 Å². The predicted molar refractivity (Wildman–Crippen MR) is 115 cm³/mol. The van der Waals surface area contributed by atoms with Crippen molar-refractivity contribution >= 4 is 16.9 Å². The molecule has 0 saturated carbocycles. The third kappa shape index (κ3) is 4.85. The highest BCUT2D eigenvalue weighted by Crippen LogP contribution is 2.15. The van der Waals surface area contributed by atoms with Crippen molar-refractivity contribution in [2.24, 2.45) is 0 Å². The van der Waals surface area contributed by atoms with Gasteiger partial charge < -0.3 is 15.2 Å². The molecule has 0 aliphatic rings. The highest BCUT2D eigenvalue weighted by molar-refractivity contribution is 5.79. The standard InChI is InChI=1S/C23H25N5O/c29-23(24-13-6-15-27-16-12-20-7-4-5-10-22(20)27)25-14-11-19-17-26-28(18-19)21-8-2-1-3-9-21/h1-5,7-10,12,16-18H,6,11,13-15H2,(H2,24,25,29). The SMILES string of the molecule is O=C(NCCCn1ccc2ccccc21)NCCc1cnn(-c2ccccc2)c1. The van der Waals surface area contributed by atoms with Gasteiger partial charge in [-0.25, -0.2) is 9.48 Å². The van der Waals surface area contributed by atoms with Crippen molar-refractivity contribution < 1.29 is 4.79 Å². The first-order chi connectivity index (χ1) is 14.3. The van der Waals surface area contributed by atoms with Crippen molar-refractivity contribution in [3.63, 3.8) is 0 Å². The highest BCUT2D eigenvalue weighted by atomic mass is 16.2. The van der Waals surface area contributed by atoms with Crippen LogP contribution < -0.4 is 10.6 Å². The van der Waals surface area contributed by atoms with Crippen LogP contribution in [0.15, 0.2) is 79.3 Å². The maximum absolute atomic E-state index is 12.0. The molecular formula is C23H25N5O. The molecule has 0 atom stereocenters. The van der Waals surface area contributed by atoms with Gasteiger partial charge in [0, 0.05) is 37.5 Å². The molecule has 0 saturated heterocycles. The number of benzene rings is 2. The van der Waals surface area contributed by atoms with E-state index >= 15 is 0 Å². The zero-order chi connectivity index (χ0) is 19.9. The first-order valence-corrected chi connectivity index (χ1v) is 9.94. The molecule has 6 nitrogen and oxygen atoms in total. The summed E-state index contributed by atoms with van der Waals surface area (Å²) in [6.45, 7) is 2.10. The second kappa shape index (κ2) is 9.10. The fourth-order valence-corrected chi connectivity index (χ4v) is 3.38. The first-order valence-electron chi connectivity index (χ1n) is 9.94. The number of urea groups is 1. The van der Waals surface area contributed by atoms with Gasteiger partial charge >= 0.3 is 6.03 Å². The molecule has 0 spiro atoms. The van der Waals surface area contributed by atoms with Crippen molar-refractivity contribution in [3.8, 4) is 5.69 Å². The number of hydrogen-bond acceptors (Lipinski definition) is 2. The Morgan fingerprint density at radius 3 is 2.62 bits per heavy atom. The van der Waals surface area contributed by atoms with Crippen molar-refractivity contribution in [2.75, 3.05) is 13.1 Å². The maximum Gasteiger partial charge on any atom is 0.314 e. The summed E-state index contributed by atoms with van der Waals surface area (Å²) in [6.07, 6.45) is 7.57. The molecule has 148 valence electrons. The summed E-state index contributed by atoms with van der Waals surface area (Å²) in [7, 11) is 0. The quantitative estimate of drug-likeness (QED) is 0.452. The smallest absolute Gasteiger partial charge is 0.314 e. The average molecular weight is 387 g/mol. The number of amides is 2. The van der Waals surface area contributed by atoms with Crippen LogP contribution in [0, 0.1) is 0 Å². The van der Waals surface area contributed by atoms with Crippen molar-refractivity contribution in [2.45, 2.75) is 19.4 Å². The summed E-state index contributed by atoms with van der Waals surface area (Å²) in [5.74, 6) is 0. The lowest BCUT2D eigenvalue weighted by molar-refractivity contribution is 0.240. The van der Waals surface area contributed by atoms with Gasteiger partial charge in [-0.05, 0) is 48.1 Å². The second-order valence-corrected chi connectivity index (χ2v) is 6.98. The largest absolute Gasteiger partial charge is 0.347 e. The molecule has 0 aliphatic carbocycles. The fraction of sp³-hybridized carbons (Fsp3) is 0.217. The number of aryl methyl sites for hydroxylation is 1. The van der Waals surface area contributed by atoms with Crippen LogP contribution in [-0.2, 0) is 13.0 Å². The molecule has 0 radical (unpaired) electrons. The van der Waals surface area contributed by atoms with Crippen LogP contribution in [0.1, 0.15) is 12.0 Å². The van der Waals surface area contributed by atoms with Gasteiger partial charge in [0.2, 0.25) is 0 Å². The molecule has 0 aliphatic heterocycles. The highest BCUT2D eigenvalue weighted by Gasteiger charge is 2.04. The van der Waals surface area contributed by atoms with Crippen LogP contribution in [-0.4, -0.2) is 33.5 Å². The minimum absolute atomic E-state index is 0.127. The Kier molecular flexibility index (Phi) is 5.90. The molecule has 29 heavy (non-hydrogen) atoms. The van der Waals surface area contributed by atoms with Gasteiger partial charge in [0.25, 0.3) is 0 Å². The third-order valence-electron chi connectivity index (χ3n) is 4.90. The normalized spacial score (nSPS) is 10.9. The van der Waals surface area contributed by atoms with Gasteiger partial charge in [0.05, 0.1) is 11.9 Å². The monoisotopic (exact) mass is 387 g/mol. The molecule has 6 heteroatoms. The van der Waals surface area contributed by atoms with Gasteiger partial charge in [-0.1, -0.05) is 36.4 Å². The Morgan fingerprint density at radius 1 is 0.931 bits per heavy atom. The number of para-hydroxylation sites is 2. The molecular weight excluding hydrogens is 362 g/mol. The van der Waals surface area contributed by atoms with Gasteiger partial charge in [-0.15, -0.1) is 0 Å². The van der Waals surface area contributed by atoms with E-state index in [1.807, 2.05) is 59.5 Å². The Bertz CT molecular complexity index is 1070. The van der Waals surface area contributed by atoms with E-state index in [1.54, 1.807) is 0 Å². The fourth-order valence-electron chi connectivity index (χ4n) is 3.38. The number of nitrogens with zero attached hydrogens (tertiary/aromatic N) is 3. The third-order valence-corrected chi connectivity index (χ3v) is 4.90. The molecule has 2 aromatic heterocycles. The van der Waals surface area contributed by atoms with E-state index in [4.69, 9.17) is 0 Å². The number of aromatic nitrogens is 3. The van der Waals surface area contributed by atoms with Crippen LogP contribution in [0.4, 0.5) is 4.79 Å². The molecule has 2 aromatic carbocycles. The maximum atomic E-state index is 12.0. The molecule has 2 amide bonds. The molecule has 0 unspecified atom stereocenters. The van der Waals surface area contributed by atoms with Gasteiger partial charge in [0.1, 0.15) is 0 Å². The number of nitrogens with one attached hydrogen (secondary N) is 2. The molecule has 0 bridgehead atoms. The van der Waals surface area contributed by atoms with Crippen LogP contribution in [0.2, 0.25) is 0 Å². The zero-order valence-electron chi connectivity index (χ0n) is 16.3. The summed E-state index contributed by atoms with van der Waals surface area (Å²) >= 11 is 0. The molecule has 4 aromatic rings. The Morgan fingerprint density at radius 2 is 1.72 bits per heavy atom. The minimum atomic E-state index is -0.127. The number of rotatable bonds is 8. The van der Waals surface area contributed by atoms with Crippen LogP contribution in [0.3, 0.4) is 0 Å². The Labute approximate surface area is 170 Å². The summed E-state index contributed by atoms with van der Waals surface area (Å²) < 4.78 is 4.07. The molecule has 4 rings (SSSR count). The summed E-state index contributed by atoms with van der Waals surface area (Å²) in [4.78, 5) is 12.0. The average Bonchev–Trinajstić information content (AvgIpc) is 3.39.